The molecule has 0 aliphatic rings. The third-order valence-corrected chi connectivity index (χ3v) is 1.84. The molecule has 0 unspecified atom stereocenters. The van der Waals surface area contributed by atoms with Gasteiger partial charge >= 0.3 is 5.97 Å². The SMILES string of the molecule is Cn1cc(-c2cc[nH]c2C(=O)O)nn1. The Hall–Kier alpha value is -2.11. The number of aromatic nitrogens is 4. The molecule has 2 aromatic heterocycles. The van der Waals surface area contributed by atoms with Gasteiger partial charge in [-0.1, -0.05) is 5.21 Å². The van der Waals surface area contributed by atoms with E-state index >= 15 is 0 Å². The van der Waals surface area contributed by atoms with Gasteiger partial charge in [0.05, 0.1) is 6.20 Å². The Morgan fingerprint density at radius 1 is 1.64 bits per heavy atom. The number of aryl methyl sites for hydroxylation is 1. The number of aromatic amines is 1. The Bertz CT molecular complexity index is 471. The van der Waals surface area contributed by atoms with Crippen molar-refractivity contribution in [2.75, 3.05) is 0 Å². The summed E-state index contributed by atoms with van der Waals surface area (Å²) in [6.45, 7) is 0. The molecule has 0 spiro atoms. The van der Waals surface area contributed by atoms with E-state index in [9.17, 15) is 4.79 Å². The largest absolute Gasteiger partial charge is 0.477 e. The molecule has 0 fully saturated rings. The molecule has 0 radical (unpaired) electrons. The van der Waals surface area contributed by atoms with E-state index in [2.05, 4.69) is 15.3 Å². The zero-order valence-corrected chi connectivity index (χ0v) is 7.43. The molecule has 0 saturated carbocycles. The summed E-state index contributed by atoms with van der Waals surface area (Å²) in [5.41, 5.74) is 1.22. The molecule has 0 aliphatic heterocycles. The van der Waals surface area contributed by atoms with Gasteiger partial charge in [-0.05, 0) is 6.07 Å². The van der Waals surface area contributed by atoms with Gasteiger partial charge in [0.1, 0.15) is 11.4 Å². The molecule has 0 atom stereocenters. The summed E-state index contributed by atoms with van der Waals surface area (Å²) in [5, 5.41) is 16.4. The van der Waals surface area contributed by atoms with Gasteiger partial charge in [0.15, 0.2) is 0 Å². The lowest BCUT2D eigenvalue weighted by Crippen LogP contribution is -1.98. The van der Waals surface area contributed by atoms with Gasteiger partial charge in [-0.3, -0.25) is 4.68 Å². The fourth-order valence-electron chi connectivity index (χ4n) is 1.23. The van der Waals surface area contributed by atoms with Crippen molar-refractivity contribution >= 4 is 5.97 Å². The highest BCUT2D eigenvalue weighted by atomic mass is 16.4. The van der Waals surface area contributed by atoms with Crippen LogP contribution < -0.4 is 0 Å². The van der Waals surface area contributed by atoms with E-state index in [0.29, 0.717) is 11.3 Å². The fraction of sp³-hybridized carbons (Fsp3) is 0.125. The number of carboxylic acid groups (broad SMARTS) is 1. The van der Waals surface area contributed by atoms with Gasteiger partial charge in [0.2, 0.25) is 0 Å². The summed E-state index contributed by atoms with van der Waals surface area (Å²) in [4.78, 5) is 13.4. The van der Waals surface area contributed by atoms with Gasteiger partial charge in [0.25, 0.3) is 0 Å². The maximum atomic E-state index is 10.8. The number of aromatic carboxylic acids is 1. The van der Waals surface area contributed by atoms with Crippen LogP contribution in [0.5, 0.6) is 0 Å². The minimum Gasteiger partial charge on any atom is -0.477 e. The summed E-state index contributed by atoms with van der Waals surface area (Å²) in [6, 6.07) is 1.66. The van der Waals surface area contributed by atoms with Gasteiger partial charge in [0, 0.05) is 18.8 Å². The lowest BCUT2D eigenvalue weighted by atomic mass is 10.2. The third-order valence-electron chi connectivity index (χ3n) is 1.84. The van der Waals surface area contributed by atoms with E-state index in [1.54, 1.807) is 25.5 Å². The van der Waals surface area contributed by atoms with Crippen LogP contribution >= 0.6 is 0 Å². The number of carbonyl (C=O) groups is 1. The van der Waals surface area contributed by atoms with E-state index < -0.39 is 5.97 Å². The molecular weight excluding hydrogens is 184 g/mol. The first kappa shape index (κ1) is 8.49. The smallest absolute Gasteiger partial charge is 0.353 e. The number of rotatable bonds is 2. The molecule has 2 N–H and O–H groups in total. The van der Waals surface area contributed by atoms with Crippen LogP contribution in [0.15, 0.2) is 18.5 Å². The number of hydrogen-bond donors (Lipinski definition) is 2. The molecule has 6 nitrogen and oxygen atoms in total. The van der Waals surface area contributed by atoms with Gasteiger partial charge in [-0.15, -0.1) is 5.10 Å². The maximum Gasteiger partial charge on any atom is 0.353 e. The first-order valence-corrected chi connectivity index (χ1v) is 3.96. The highest BCUT2D eigenvalue weighted by Gasteiger charge is 2.14. The molecular formula is C8H8N4O2. The normalized spacial score (nSPS) is 10.4. The van der Waals surface area contributed by atoms with Crippen LogP contribution in [0, 0.1) is 0 Å². The summed E-state index contributed by atoms with van der Waals surface area (Å²) < 4.78 is 1.52. The Balaban J connectivity index is 2.51. The maximum absolute atomic E-state index is 10.8. The molecule has 0 aromatic carbocycles. The van der Waals surface area contributed by atoms with Gasteiger partial charge < -0.3 is 10.1 Å². The molecule has 72 valence electrons. The van der Waals surface area contributed by atoms with Crippen LogP contribution in [0.3, 0.4) is 0 Å². The molecule has 2 heterocycles. The predicted molar refractivity (Wildman–Crippen MR) is 47.7 cm³/mol. The molecule has 6 heteroatoms. The Morgan fingerprint density at radius 3 is 3.00 bits per heavy atom. The number of carboxylic acids is 1. The Morgan fingerprint density at radius 2 is 2.43 bits per heavy atom. The predicted octanol–water partition coefficient (Wildman–Crippen LogP) is 0.508. The summed E-state index contributed by atoms with van der Waals surface area (Å²) in [6.07, 6.45) is 3.23. The average molecular weight is 192 g/mol. The van der Waals surface area contributed by atoms with Crippen LogP contribution in [0.25, 0.3) is 11.3 Å². The molecule has 14 heavy (non-hydrogen) atoms. The number of H-pyrrole nitrogens is 1. The van der Waals surface area contributed by atoms with Crippen LogP contribution in [-0.4, -0.2) is 31.1 Å². The zero-order valence-electron chi connectivity index (χ0n) is 7.43. The molecule has 0 aliphatic carbocycles. The minimum atomic E-state index is -1.00. The lowest BCUT2D eigenvalue weighted by Gasteiger charge is -1.93. The second-order valence-electron chi connectivity index (χ2n) is 2.85. The van der Waals surface area contributed by atoms with E-state index in [-0.39, 0.29) is 5.69 Å². The number of nitrogens with zero attached hydrogens (tertiary/aromatic N) is 3. The summed E-state index contributed by atoms with van der Waals surface area (Å²) in [7, 11) is 1.73. The third kappa shape index (κ3) is 1.26. The standard InChI is InChI=1S/C8H8N4O2/c1-12-4-6(10-11-12)5-2-3-9-7(5)8(13)14/h2-4,9H,1H3,(H,13,14). The van der Waals surface area contributed by atoms with E-state index in [0.717, 1.165) is 0 Å². The van der Waals surface area contributed by atoms with Crippen molar-refractivity contribution < 1.29 is 9.90 Å². The van der Waals surface area contributed by atoms with E-state index in [1.807, 2.05) is 0 Å². The van der Waals surface area contributed by atoms with Gasteiger partial charge in [-0.2, -0.15) is 0 Å². The quantitative estimate of drug-likeness (QED) is 0.726. The van der Waals surface area contributed by atoms with Crippen molar-refractivity contribution in [1.29, 1.82) is 0 Å². The van der Waals surface area contributed by atoms with E-state index in [1.165, 1.54) is 4.68 Å². The lowest BCUT2D eigenvalue weighted by molar-refractivity contribution is 0.0692. The zero-order chi connectivity index (χ0) is 10.1. The van der Waals surface area contributed by atoms with Crippen LogP contribution in [0.1, 0.15) is 10.5 Å². The van der Waals surface area contributed by atoms with Crippen molar-refractivity contribution in [2.45, 2.75) is 0 Å². The second kappa shape index (κ2) is 2.99. The first-order valence-electron chi connectivity index (χ1n) is 3.96. The van der Waals surface area contributed by atoms with Crippen LogP contribution in [-0.2, 0) is 7.05 Å². The monoisotopic (exact) mass is 192 g/mol. The second-order valence-corrected chi connectivity index (χ2v) is 2.85. The van der Waals surface area contributed by atoms with Gasteiger partial charge in [-0.25, -0.2) is 4.79 Å². The molecule has 2 aromatic rings. The minimum absolute atomic E-state index is 0.130. The summed E-state index contributed by atoms with van der Waals surface area (Å²) >= 11 is 0. The van der Waals surface area contributed by atoms with Crippen molar-refractivity contribution in [3.05, 3.63) is 24.2 Å². The van der Waals surface area contributed by atoms with Crippen molar-refractivity contribution in [2.24, 2.45) is 7.05 Å². The van der Waals surface area contributed by atoms with Crippen molar-refractivity contribution in [1.82, 2.24) is 20.0 Å². The number of nitrogens with one attached hydrogen (secondary N) is 1. The Labute approximate surface area is 79.2 Å². The van der Waals surface area contributed by atoms with Crippen LogP contribution in [0.2, 0.25) is 0 Å². The number of hydrogen-bond acceptors (Lipinski definition) is 3. The van der Waals surface area contributed by atoms with Crippen LogP contribution in [0.4, 0.5) is 0 Å². The van der Waals surface area contributed by atoms with E-state index in [4.69, 9.17) is 5.11 Å². The highest BCUT2D eigenvalue weighted by Crippen LogP contribution is 2.19. The highest BCUT2D eigenvalue weighted by molar-refractivity contribution is 5.93. The first-order chi connectivity index (χ1) is 6.68. The molecule has 0 amide bonds. The topological polar surface area (TPSA) is 83.8 Å². The van der Waals surface area contributed by atoms with Crippen molar-refractivity contribution in [3.63, 3.8) is 0 Å². The molecule has 0 bridgehead atoms. The van der Waals surface area contributed by atoms with Crippen molar-refractivity contribution in [3.8, 4) is 11.3 Å². The summed E-state index contributed by atoms with van der Waals surface area (Å²) in [5.74, 6) is -1.00. The average Bonchev–Trinajstić information content (AvgIpc) is 2.70. The Kier molecular flexibility index (Phi) is 1.81. The molecule has 2 rings (SSSR count). The molecule has 0 saturated heterocycles. The fourth-order valence-corrected chi connectivity index (χ4v) is 1.23.